The third-order valence-electron chi connectivity index (χ3n) is 3.99. The van der Waals surface area contributed by atoms with Gasteiger partial charge < -0.3 is 10.2 Å². The molecule has 1 N–H and O–H groups in total. The van der Waals surface area contributed by atoms with E-state index in [1.54, 1.807) is 0 Å². The fourth-order valence-electron chi connectivity index (χ4n) is 2.70. The molecule has 1 aromatic carbocycles. The molecule has 0 fully saturated rings. The summed E-state index contributed by atoms with van der Waals surface area (Å²) in [6, 6.07) is 10.2. The van der Waals surface area contributed by atoms with Crippen molar-refractivity contribution in [3.63, 3.8) is 0 Å². The lowest BCUT2D eigenvalue weighted by Crippen LogP contribution is -2.39. The number of carbonyl (C=O) groups is 1. The maximum atomic E-state index is 12.2. The number of carbonyl (C=O) groups excluding carboxylic acids is 1. The molecule has 0 radical (unpaired) electrons. The maximum absolute atomic E-state index is 12.2. The van der Waals surface area contributed by atoms with Crippen LogP contribution in [-0.2, 0) is 6.54 Å². The molecule has 0 unspecified atom stereocenters. The largest absolute Gasteiger partial charge is 0.338 e. The van der Waals surface area contributed by atoms with Gasteiger partial charge in [0.25, 0.3) is 0 Å². The van der Waals surface area contributed by atoms with Crippen LogP contribution in [0.3, 0.4) is 0 Å². The van der Waals surface area contributed by atoms with Crippen molar-refractivity contribution in [2.45, 2.75) is 45.6 Å². The molecule has 0 spiro atoms. The lowest BCUT2D eigenvalue weighted by atomic mass is 9.97. The second-order valence-electron chi connectivity index (χ2n) is 5.59. The average molecular weight is 286 g/mol. The van der Waals surface area contributed by atoms with Crippen molar-refractivity contribution in [1.29, 1.82) is 0 Å². The first kappa shape index (κ1) is 15.6. The smallest absolute Gasteiger partial charge is 0.317 e. The fourth-order valence-corrected chi connectivity index (χ4v) is 2.70. The molecule has 1 aliphatic rings. The minimum atomic E-state index is 0.0396. The van der Waals surface area contributed by atoms with Crippen molar-refractivity contribution in [2.75, 3.05) is 13.1 Å². The van der Waals surface area contributed by atoms with Crippen LogP contribution in [0.2, 0.25) is 0 Å². The highest BCUT2D eigenvalue weighted by molar-refractivity contribution is 5.74. The summed E-state index contributed by atoms with van der Waals surface area (Å²) >= 11 is 0. The summed E-state index contributed by atoms with van der Waals surface area (Å²) in [5.41, 5.74) is 2.68. The Morgan fingerprint density at radius 2 is 2.05 bits per heavy atom. The second-order valence-corrected chi connectivity index (χ2v) is 5.59. The fraction of sp³-hybridized carbons (Fsp3) is 0.500. The summed E-state index contributed by atoms with van der Waals surface area (Å²) in [5.74, 6) is 0. The first-order valence-corrected chi connectivity index (χ1v) is 8.04. The van der Waals surface area contributed by atoms with E-state index in [9.17, 15) is 4.79 Å². The Balaban J connectivity index is 1.76. The standard InChI is InChI=1S/C18H26N2O/c1-2-20(15-17-11-7-4-8-12-17)18(21)19-14-13-16-9-5-3-6-10-16/h4,7-9,11-12H,2-3,5-6,10,13-15H2,1H3,(H,19,21). The van der Waals surface area contributed by atoms with Gasteiger partial charge in [-0.2, -0.15) is 0 Å². The van der Waals surface area contributed by atoms with Gasteiger partial charge in [0.05, 0.1) is 0 Å². The van der Waals surface area contributed by atoms with E-state index >= 15 is 0 Å². The van der Waals surface area contributed by atoms with Crippen molar-refractivity contribution in [2.24, 2.45) is 0 Å². The van der Waals surface area contributed by atoms with E-state index in [0.717, 1.165) is 19.5 Å². The van der Waals surface area contributed by atoms with E-state index in [2.05, 4.69) is 23.5 Å². The molecule has 2 rings (SSSR count). The van der Waals surface area contributed by atoms with Crippen LogP contribution in [0.1, 0.15) is 44.6 Å². The van der Waals surface area contributed by atoms with Crippen molar-refractivity contribution in [1.82, 2.24) is 10.2 Å². The molecule has 1 aliphatic carbocycles. The lowest BCUT2D eigenvalue weighted by Gasteiger charge is -2.22. The topological polar surface area (TPSA) is 32.3 Å². The second kappa shape index (κ2) is 8.50. The molecule has 0 heterocycles. The van der Waals surface area contributed by atoms with Gasteiger partial charge in [-0.3, -0.25) is 0 Å². The Kier molecular flexibility index (Phi) is 6.32. The maximum Gasteiger partial charge on any atom is 0.317 e. The predicted molar refractivity (Wildman–Crippen MR) is 87.1 cm³/mol. The molecular formula is C18H26N2O. The van der Waals surface area contributed by atoms with E-state index in [1.807, 2.05) is 30.0 Å². The molecule has 114 valence electrons. The molecule has 0 bridgehead atoms. The van der Waals surface area contributed by atoms with Crippen LogP contribution in [-0.4, -0.2) is 24.0 Å². The number of amides is 2. The number of nitrogens with zero attached hydrogens (tertiary/aromatic N) is 1. The zero-order chi connectivity index (χ0) is 14.9. The summed E-state index contributed by atoms with van der Waals surface area (Å²) in [5, 5.41) is 3.05. The number of benzene rings is 1. The quantitative estimate of drug-likeness (QED) is 0.784. The van der Waals surface area contributed by atoms with Crippen LogP contribution >= 0.6 is 0 Å². The highest BCUT2D eigenvalue weighted by Crippen LogP contribution is 2.19. The van der Waals surface area contributed by atoms with E-state index in [0.29, 0.717) is 6.54 Å². The Morgan fingerprint density at radius 1 is 1.24 bits per heavy atom. The Labute approximate surface area is 128 Å². The van der Waals surface area contributed by atoms with Gasteiger partial charge in [-0.15, -0.1) is 0 Å². The summed E-state index contributed by atoms with van der Waals surface area (Å²) in [4.78, 5) is 14.1. The minimum Gasteiger partial charge on any atom is -0.338 e. The number of urea groups is 1. The third-order valence-corrected chi connectivity index (χ3v) is 3.99. The Hall–Kier alpha value is -1.77. The third kappa shape index (κ3) is 5.25. The monoisotopic (exact) mass is 286 g/mol. The van der Waals surface area contributed by atoms with Crippen molar-refractivity contribution in [3.05, 3.63) is 47.5 Å². The first-order valence-electron chi connectivity index (χ1n) is 8.04. The number of nitrogens with one attached hydrogen (secondary N) is 1. The van der Waals surface area contributed by atoms with Gasteiger partial charge in [0, 0.05) is 19.6 Å². The molecule has 1 aromatic rings. The van der Waals surface area contributed by atoms with Gasteiger partial charge in [-0.1, -0.05) is 42.0 Å². The molecule has 2 amide bonds. The van der Waals surface area contributed by atoms with Gasteiger partial charge in [0.15, 0.2) is 0 Å². The van der Waals surface area contributed by atoms with Crippen LogP contribution in [0.25, 0.3) is 0 Å². The van der Waals surface area contributed by atoms with Crippen molar-refractivity contribution in [3.8, 4) is 0 Å². The van der Waals surface area contributed by atoms with E-state index in [4.69, 9.17) is 0 Å². The van der Waals surface area contributed by atoms with Gasteiger partial charge in [0.2, 0.25) is 0 Å². The van der Waals surface area contributed by atoms with Gasteiger partial charge in [-0.05, 0) is 44.6 Å². The SMILES string of the molecule is CCN(Cc1ccccc1)C(=O)NCCC1=CCCCC1. The molecule has 0 saturated heterocycles. The number of hydrogen-bond acceptors (Lipinski definition) is 1. The van der Waals surface area contributed by atoms with Crippen LogP contribution in [0.4, 0.5) is 4.79 Å². The zero-order valence-electron chi connectivity index (χ0n) is 13.0. The number of hydrogen-bond donors (Lipinski definition) is 1. The van der Waals surface area contributed by atoms with Crippen LogP contribution in [0.5, 0.6) is 0 Å². The summed E-state index contributed by atoms with van der Waals surface area (Å²) in [7, 11) is 0. The highest BCUT2D eigenvalue weighted by Gasteiger charge is 2.11. The molecule has 0 aliphatic heterocycles. The average Bonchev–Trinajstić information content (AvgIpc) is 2.54. The van der Waals surface area contributed by atoms with E-state index in [-0.39, 0.29) is 6.03 Å². The van der Waals surface area contributed by atoms with Gasteiger partial charge >= 0.3 is 6.03 Å². The molecule has 0 atom stereocenters. The molecular weight excluding hydrogens is 260 g/mol. The van der Waals surface area contributed by atoms with Crippen LogP contribution in [0.15, 0.2) is 42.0 Å². The lowest BCUT2D eigenvalue weighted by molar-refractivity contribution is 0.198. The normalized spacial score (nSPS) is 14.4. The Morgan fingerprint density at radius 3 is 2.71 bits per heavy atom. The Bertz CT molecular complexity index is 467. The van der Waals surface area contributed by atoms with Gasteiger partial charge in [-0.25, -0.2) is 4.79 Å². The molecule has 3 heteroatoms. The van der Waals surface area contributed by atoms with E-state index < -0.39 is 0 Å². The van der Waals surface area contributed by atoms with Crippen molar-refractivity contribution < 1.29 is 4.79 Å². The first-order chi connectivity index (χ1) is 10.3. The molecule has 21 heavy (non-hydrogen) atoms. The highest BCUT2D eigenvalue weighted by atomic mass is 16.2. The molecule has 3 nitrogen and oxygen atoms in total. The minimum absolute atomic E-state index is 0.0396. The molecule has 0 saturated carbocycles. The van der Waals surface area contributed by atoms with Gasteiger partial charge in [0.1, 0.15) is 0 Å². The summed E-state index contributed by atoms with van der Waals surface area (Å²) in [6.45, 7) is 4.16. The van der Waals surface area contributed by atoms with E-state index in [1.165, 1.54) is 36.8 Å². The molecule has 0 aromatic heterocycles. The summed E-state index contributed by atoms with van der Waals surface area (Å²) in [6.07, 6.45) is 8.37. The zero-order valence-corrected chi connectivity index (χ0v) is 13.0. The number of rotatable bonds is 6. The van der Waals surface area contributed by atoms with Crippen LogP contribution < -0.4 is 5.32 Å². The van der Waals surface area contributed by atoms with Crippen molar-refractivity contribution >= 4 is 6.03 Å². The number of allylic oxidation sites excluding steroid dienone is 1. The van der Waals surface area contributed by atoms with Crippen LogP contribution in [0, 0.1) is 0 Å². The predicted octanol–water partition coefficient (Wildman–Crippen LogP) is 4.11. The summed E-state index contributed by atoms with van der Waals surface area (Å²) < 4.78 is 0.